The number of piperidine rings is 1. The summed E-state index contributed by atoms with van der Waals surface area (Å²) in [6.45, 7) is 0.870. The van der Waals surface area contributed by atoms with Gasteiger partial charge in [-0.05, 0) is 36.8 Å². The van der Waals surface area contributed by atoms with Gasteiger partial charge in [-0.2, -0.15) is 0 Å². The Balaban J connectivity index is 1.55. The van der Waals surface area contributed by atoms with Gasteiger partial charge in [-0.3, -0.25) is 9.59 Å². The Kier molecular flexibility index (Phi) is 9.65. The molecule has 35 heavy (non-hydrogen) atoms. The Morgan fingerprint density at radius 2 is 1.97 bits per heavy atom. The summed E-state index contributed by atoms with van der Waals surface area (Å²) >= 11 is 14.1. The van der Waals surface area contributed by atoms with Crippen molar-refractivity contribution in [2.45, 2.75) is 30.2 Å². The first-order valence-electron chi connectivity index (χ1n) is 11.1. The number of likely N-dealkylation sites (tertiary alicyclic amines) is 1. The molecule has 0 radical (unpaired) electrons. The molecule has 2 amide bonds. The quantitative estimate of drug-likeness (QED) is 0.313. The fourth-order valence-corrected chi connectivity index (χ4v) is 5.04. The molecule has 1 aromatic carbocycles. The molecule has 1 fully saturated rings. The number of carbonyl (C=O) groups is 3. The van der Waals surface area contributed by atoms with Crippen LogP contribution in [0.5, 0.6) is 0 Å². The number of esters is 1. The number of nitrogens with one attached hydrogen (secondary N) is 1. The van der Waals surface area contributed by atoms with Gasteiger partial charge < -0.3 is 19.5 Å². The first-order chi connectivity index (χ1) is 16.7. The van der Waals surface area contributed by atoms with E-state index in [4.69, 9.17) is 27.9 Å². The third-order valence-electron chi connectivity index (χ3n) is 5.85. The molecule has 2 aromatic rings. The standard InChI is InChI=1S/C24H28Cl2N4O4S/c1-29-13-17(27-14-29)12-18(24(33)34-2)28-23(32)16-8-10-30(11-9-16)20(31)7-5-15-4-6-19(35-3)22(26)21(15)25/h4-7,13-14,16,18H,8-12H2,1-3H3,(H,28,32). The van der Waals surface area contributed by atoms with Crippen LogP contribution in [0, 0.1) is 5.92 Å². The first kappa shape index (κ1) is 27.1. The molecule has 1 aliphatic heterocycles. The van der Waals surface area contributed by atoms with Crippen molar-refractivity contribution in [3.8, 4) is 0 Å². The van der Waals surface area contributed by atoms with E-state index in [2.05, 4.69) is 10.3 Å². The maximum Gasteiger partial charge on any atom is 0.328 e. The molecule has 1 aliphatic rings. The number of benzene rings is 1. The van der Waals surface area contributed by atoms with Crippen molar-refractivity contribution in [3.63, 3.8) is 0 Å². The molecule has 2 heterocycles. The van der Waals surface area contributed by atoms with E-state index in [1.54, 1.807) is 28.1 Å². The summed E-state index contributed by atoms with van der Waals surface area (Å²) < 4.78 is 6.62. The second-order valence-corrected chi connectivity index (χ2v) is 9.84. The van der Waals surface area contributed by atoms with Crippen LogP contribution in [0.4, 0.5) is 0 Å². The predicted octanol–water partition coefficient (Wildman–Crippen LogP) is 3.60. The number of thioether (sulfide) groups is 1. The summed E-state index contributed by atoms with van der Waals surface area (Å²) in [4.78, 5) is 44.5. The van der Waals surface area contributed by atoms with Crippen molar-refractivity contribution in [3.05, 3.63) is 52.0 Å². The van der Waals surface area contributed by atoms with Gasteiger partial charge in [0.1, 0.15) is 6.04 Å². The number of aromatic nitrogens is 2. The third kappa shape index (κ3) is 7.02. The number of carbonyl (C=O) groups excluding carboxylic acids is 3. The summed E-state index contributed by atoms with van der Waals surface area (Å²) in [6, 6.07) is 2.87. The maximum atomic E-state index is 12.8. The number of halogens is 2. The van der Waals surface area contributed by atoms with Crippen LogP contribution in [-0.2, 0) is 32.6 Å². The van der Waals surface area contributed by atoms with Crippen molar-refractivity contribution in [2.75, 3.05) is 26.5 Å². The fraction of sp³-hybridized carbons (Fsp3) is 0.417. The Morgan fingerprint density at radius 1 is 1.26 bits per heavy atom. The summed E-state index contributed by atoms with van der Waals surface area (Å²) in [7, 11) is 3.12. The molecule has 0 spiro atoms. The van der Waals surface area contributed by atoms with Gasteiger partial charge in [0.25, 0.3) is 0 Å². The highest BCUT2D eigenvalue weighted by atomic mass is 35.5. The Bertz CT molecular complexity index is 1110. The lowest BCUT2D eigenvalue weighted by atomic mass is 9.95. The number of ether oxygens (including phenoxy) is 1. The van der Waals surface area contributed by atoms with E-state index in [1.807, 2.05) is 25.4 Å². The number of nitrogens with zero attached hydrogens (tertiary/aromatic N) is 3. The minimum Gasteiger partial charge on any atom is -0.467 e. The molecule has 8 nitrogen and oxygen atoms in total. The van der Waals surface area contributed by atoms with Crippen LogP contribution in [0.2, 0.25) is 10.0 Å². The lowest BCUT2D eigenvalue weighted by Gasteiger charge is -2.31. The summed E-state index contributed by atoms with van der Waals surface area (Å²) in [5, 5.41) is 3.67. The number of methoxy groups -OCH3 is 1. The average Bonchev–Trinajstić information content (AvgIpc) is 3.28. The maximum absolute atomic E-state index is 12.8. The molecule has 1 N–H and O–H groups in total. The van der Waals surface area contributed by atoms with Crippen molar-refractivity contribution in [1.29, 1.82) is 0 Å². The SMILES string of the molecule is COC(=O)C(Cc1cn(C)cn1)NC(=O)C1CCN(C(=O)C=Cc2ccc(SC)c(Cl)c2Cl)CC1. The molecule has 1 saturated heterocycles. The van der Waals surface area contributed by atoms with E-state index < -0.39 is 12.0 Å². The zero-order valence-corrected chi connectivity index (χ0v) is 22.1. The van der Waals surface area contributed by atoms with Gasteiger partial charge in [0, 0.05) is 49.6 Å². The molecule has 0 bridgehead atoms. The van der Waals surface area contributed by atoms with Gasteiger partial charge >= 0.3 is 5.97 Å². The highest BCUT2D eigenvalue weighted by molar-refractivity contribution is 7.98. The minimum absolute atomic E-state index is 0.160. The Morgan fingerprint density at radius 3 is 2.57 bits per heavy atom. The van der Waals surface area contributed by atoms with Crippen molar-refractivity contribution < 1.29 is 19.1 Å². The number of hydrogen-bond donors (Lipinski definition) is 1. The Hall–Kier alpha value is -2.49. The number of hydrogen-bond acceptors (Lipinski definition) is 6. The van der Waals surface area contributed by atoms with Crippen molar-refractivity contribution in [1.82, 2.24) is 19.8 Å². The van der Waals surface area contributed by atoms with E-state index in [0.717, 1.165) is 4.90 Å². The molecule has 1 unspecified atom stereocenters. The van der Waals surface area contributed by atoms with Gasteiger partial charge in [0.05, 0.1) is 29.2 Å². The van der Waals surface area contributed by atoms with Crippen molar-refractivity contribution in [2.24, 2.45) is 13.0 Å². The van der Waals surface area contributed by atoms with Gasteiger partial charge in [0.2, 0.25) is 11.8 Å². The van der Waals surface area contributed by atoms with E-state index in [0.29, 0.717) is 47.2 Å². The first-order valence-corrected chi connectivity index (χ1v) is 13.1. The predicted molar refractivity (Wildman–Crippen MR) is 137 cm³/mol. The second-order valence-electron chi connectivity index (χ2n) is 8.24. The van der Waals surface area contributed by atoms with Crippen LogP contribution < -0.4 is 5.32 Å². The summed E-state index contributed by atoms with van der Waals surface area (Å²) in [5.74, 6) is -1.21. The zero-order chi connectivity index (χ0) is 25.5. The third-order valence-corrected chi connectivity index (χ3v) is 7.64. The van der Waals surface area contributed by atoms with Crippen molar-refractivity contribution >= 4 is 58.8 Å². The molecule has 3 rings (SSSR count). The van der Waals surface area contributed by atoms with Gasteiger partial charge in [-0.15, -0.1) is 11.8 Å². The molecule has 1 atom stereocenters. The second kappa shape index (κ2) is 12.5. The number of imidazole rings is 1. The largest absolute Gasteiger partial charge is 0.467 e. The molecular weight excluding hydrogens is 511 g/mol. The van der Waals surface area contributed by atoms with Crippen LogP contribution in [0.1, 0.15) is 24.1 Å². The highest BCUT2D eigenvalue weighted by Crippen LogP contribution is 2.35. The smallest absolute Gasteiger partial charge is 0.328 e. The molecule has 188 valence electrons. The molecule has 11 heteroatoms. The van der Waals surface area contributed by atoms with Crippen LogP contribution in [0.15, 0.2) is 35.6 Å². The normalized spacial score (nSPS) is 15.3. The zero-order valence-electron chi connectivity index (χ0n) is 19.8. The Labute approximate surface area is 219 Å². The van der Waals surface area contributed by atoms with Gasteiger partial charge in [0.15, 0.2) is 0 Å². The summed E-state index contributed by atoms with van der Waals surface area (Å²) in [6.07, 6.45) is 9.69. The monoisotopic (exact) mass is 538 g/mol. The van der Waals surface area contributed by atoms with E-state index in [9.17, 15) is 14.4 Å². The number of rotatable bonds is 8. The van der Waals surface area contributed by atoms with Crippen LogP contribution >= 0.6 is 35.0 Å². The fourth-order valence-electron chi connectivity index (χ4n) is 3.87. The van der Waals surface area contributed by atoms with E-state index >= 15 is 0 Å². The van der Waals surface area contributed by atoms with Crippen LogP contribution in [0.3, 0.4) is 0 Å². The lowest BCUT2D eigenvalue weighted by molar-refractivity contribution is -0.145. The van der Waals surface area contributed by atoms with Crippen LogP contribution in [-0.4, -0.2) is 64.7 Å². The number of aryl methyl sites for hydroxylation is 1. The van der Waals surface area contributed by atoms with Gasteiger partial charge in [-0.1, -0.05) is 29.3 Å². The average molecular weight is 539 g/mol. The van der Waals surface area contributed by atoms with Gasteiger partial charge in [-0.25, -0.2) is 9.78 Å². The molecule has 1 aromatic heterocycles. The summed E-state index contributed by atoms with van der Waals surface area (Å²) in [5.41, 5.74) is 1.35. The van der Waals surface area contributed by atoms with Crippen LogP contribution in [0.25, 0.3) is 6.08 Å². The van der Waals surface area contributed by atoms with E-state index in [1.165, 1.54) is 24.9 Å². The highest BCUT2D eigenvalue weighted by Gasteiger charge is 2.30. The number of amides is 2. The lowest BCUT2D eigenvalue weighted by Crippen LogP contribution is -2.48. The van der Waals surface area contributed by atoms with E-state index in [-0.39, 0.29) is 24.2 Å². The topological polar surface area (TPSA) is 93.5 Å². The molecule has 0 saturated carbocycles. The molecular formula is C24H28Cl2N4O4S. The minimum atomic E-state index is -0.820. The molecule has 0 aliphatic carbocycles.